The molecule has 0 bridgehead atoms. The zero-order chi connectivity index (χ0) is 13.8. The monoisotopic (exact) mass is 280 g/mol. The maximum Gasteiger partial charge on any atom is 0.222 e. The smallest absolute Gasteiger partial charge is 0.222 e. The molecule has 1 aromatic heterocycles. The van der Waals surface area contributed by atoms with Crippen molar-refractivity contribution in [2.45, 2.75) is 10.9 Å². The molecule has 0 aliphatic carbocycles. The first kappa shape index (κ1) is 13.5. The molecule has 102 valence electrons. The summed E-state index contributed by atoms with van der Waals surface area (Å²) in [6.07, 6.45) is 0. The van der Waals surface area contributed by atoms with E-state index >= 15 is 0 Å². The van der Waals surface area contributed by atoms with E-state index < -0.39 is 0 Å². The number of nitrogen functional groups attached to an aromatic ring is 1. The lowest BCUT2D eigenvalue weighted by Crippen LogP contribution is -1.98. The summed E-state index contributed by atoms with van der Waals surface area (Å²) in [6.45, 7) is 0. The molecule has 2 rings (SSSR count). The van der Waals surface area contributed by atoms with Gasteiger partial charge in [0.05, 0.1) is 14.2 Å². The highest BCUT2D eigenvalue weighted by Crippen LogP contribution is 2.30. The summed E-state index contributed by atoms with van der Waals surface area (Å²) in [6, 6.07) is 5.71. The van der Waals surface area contributed by atoms with E-state index in [1.54, 1.807) is 30.5 Å². The number of nitrogens with two attached hydrogens (primary N) is 1. The topological polar surface area (TPSA) is 75.2 Å². The van der Waals surface area contributed by atoms with Gasteiger partial charge in [-0.3, -0.25) is 4.57 Å². The molecule has 7 heteroatoms. The second-order valence-electron chi connectivity index (χ2n) is 3.87. The number of rotatable bonds is 5. The van der Waals surface area contributed by atoms with E-state index in [2.05, 4.69) is 10.2 Å². The average Bonchev–Trinajstić information content (AvgIpc) is 2.76. The number of thioether (sulfide) groups is 1. The van der Waals surface area contributed by atoms with E-state index in [1.165, 1.54) is 0 Å². The fourth-order valence-corrected chi connectivity index (χ4v) is 2.48. The zero-order valence-electron chi connectivity index (χ0n) is 11.1. The molecule has 19 heavy (non-hydrogen) atoms. The molecule has 0 atom stereocenters. The lowest BCUT2D eigenvalue weighted by molar-refractivity contribution is 0.400. The quantitative estimate of drug-likeness (QED) is 0.840. The van der Waals surface area contributed by atoms with Gasteiger partial charge in [0, 0.05) is 18.4 Å². The summed E-state index contributed by atoms with van der Waals surface area (Å²) in [7, 11) is 5.12. The maximum absolute atomic E-state index is 5.64. The largest absolute Gasteiger partial charge is 0.497 e. The van der Waals surface area contributed by atoms with Gasteiger partial charge in [0.1, 0.15) is 11.5 Å². The average molecular weight is 280 g/mol. The van der Waals surface area contributed by atoms with Crippen LogP contribution in [0.1, 0.15) is 5.56 Å². The van der Waals surface area contributed by atoms with Crippen molar-refractivity contribution in [1.29, 1.82) is 0 Å². The molecular formula is C12H16N4O2S. The van der Waals surface area contributed by atoms with Crippen molar-refractivity contribution in [1.82, 2.24) is 14.8 Å². The molecule has 0 saturated heterocycles. The molecule has 1 aromatic carbocycles. The number of anilines is 1. The van der Waals surface area contributed by atoms with Crippen LogP contribution in [0.15, 0.2) is 23.4 Å². The summed E-state index contributed by atoms with van der Waals surface area (Å²) in [5.41, 5.74) is 6.68. The van der Waals surface area contributed by atoms with Crippen LogP contribution in [0, 0.1) is 0 Å². The molecule has 6 nitrogen and oxygen atoms in total. The minimum absolute atomic E-state index is 0.403. The van der Waals surface area contributed by atoms with Crippen molar-refractivity contribution in [3.63, 3.8) is 0 Å². The Balaban J connectivity index is 2.16. The molecule has 0 unspecified atom stereocenters. The molecule has 0 spiro atoms. The Morgan fingerprint density at radius 2 is 2.05 bits per heavy atom. The molecule has 1 heterocycles. The molecule has 0 aliphatic heterocycles. The van der Waals surface area contributed by atoms with E-state index in [9.17, 15) is 0 Å². The standard InChI is InChI=1S/C12H16N4O2S/c1-16-11(13)14-15-12(16)19-7-8-6-9(17-2)4-5-10(8)18-3/h4-6H,7H2,1-3H3,(H2,13,14). The van der Waals surface area contributed by atoms with Crippen LogP contribution in [-0.2, 0) is 12.8 Å². The van der Waals surface area contributed by atoms with E-state index in [0.29, 0.717) is 11.7 Å². The fraction of sp³-hybridized carbons (Fsp3) is 0.333. The SMILES string of the molecule is COc1ccc(OC)c(CSc2nnc(N)n2C)c1. The van der Waals surface area contributed by atoms with Gasteiger partial charge >= 0.3 is 0 Å². The predicted molar refractivity (Wildman–Crippen MR) is 74.5 cm³/mol. The van der Waals surface area contributed by atoms with E-state index in [0.717, 1.165) is 22.2 Å². The van der Waals surface area contributed by atoms with Crippen molar-refractivity contribution in [3.05, 3.63) is 23.8 Å². The minimum atomic E-state index is 0.403. The van der Waals surface area contributed by atoms with Gasteiger partial charge in [-0.25, -0.2) is 0 Å². The number of hydrogen-bond donors (Lipinski definition) is 1. The van der Waals surface area contributed by atoms with Crippen LogP contribution in [0.5, 0.6) is 11.5 Å². The van der Waals surface area contributed by atoms with Gasteiger partial charge in [0.25, 0.3) is 0 Å². The highest BCUT2D eigenvalue weighted by molar-refractivity contribution is 7.98. The molecule has 0 amide bonds. The first-order valence-corrected chi connectivity index (χ1v) is 6.63. The van der Waals surface area contributed by atoms with Crippen LogP contribution < -0.4 is 15.2 Å². The molecule has 0 aliphatic rings. The Labute approximate surface area is 115 Å². The summed E-state index contributed by atoms with van der Waals surface area (Å²) < 4.78 is 12.3. The predicted octanol–water partition coefficient (Wildman–Crippen LogP) is 1.71. The molecule has 0 fully saturated rings. The summed E-state index contributed by atoms with van der Waals surface area (Å²) >= 11 is 1.54. The first-order chi connectivity index (χ1) is 9.15. The normalized spacial score (nSPS) is 10.5. The second kappa shape index (κ2) is 5.83. The van der Waals surface area contributed by atoms with Crippen LogP contribution in [0.4, 0.5) is 5.95 Å². The summed E-state index contributed by atoms with van der Waals surface area (Å²) in [4.78, 5) is 0. The number of nitrogens with zero attached hydrogens (tertiary/aromatic N) is 3. The van der Waals surface area contributed by atoms with Gasteiger partial charge in [-0.2, -0.15) is 0 Å². The highest BCUT2D eigenvalue weighted by Gasteiger charge is 2.10. The number of hydrogen-bond acceptors (Lipinski definition) is 6. The second-order valence-corrected chi connectivity index (χ2v) is 4.81. The lowest BCUT2D eigenvalue weighted by Gasteiger charge is -2.09. The van der Waals surface area contributed by atoms with Crippen LogP contribution in [-0.4, -0.2) is 29.0 Å². The van der Waals surface area contributed by atoms with Crippen molar-refractivity contribution in [2.24, 2.45) is 7.05 Å². The third-order valence-electron chi connectivity index (χ3n) is 2.71. The van der Waals surface area contributed by atoms with Gasteiger partial charge in [0.15, 0.2) is 5.16 Å². The van der Waals surface area contributed by atoms with Gasteiger partial charge in [0.2, 0.25) is 5.95 Å². The number of methoxy groups -OCH3 is 2. The van der Waals surface area contributed by atoms with Gasteiger partial charge < -0.3 is 15.2 Å². The Morgan fingerprint density at radius 1 is 1.26 bits per heavy atom. The Kier molecular flexibility index (Phi) is 4.16. The van der Waals surface area contributed by atoms with Crippen LogP contribution >= 0.6 is 11.8 Å². The van der Waals surface area contributed by atoms with E-state index in [1.807, 2.05) is 25.2 Å². The third kappa shape index (κ3) is 2.93. The Bertz CT molecular complexity index is 571. The van der Waals surface area contributed by atoms with Gasteiger partial charge in [-0.05, 0) is 18.2 Å². The maximum atomic E-state index is 5.64. The van der Waals surface area contributed by atoms with Crippen molar-refractivity contribution in [2.75, 3.05) is 20.0 Å². The van der Waals surface area contributed by atoms with Gasteiger partial charge in [-0.15, -0.1) is 10.2 Å². The minimum Gasteiger partial charge on any atom is -0.497 e. The van der Waals surface area contributed by atoms with Crippen LogP contribution in [0.25, 0.3) is 0 Å². The Morgan fingerprint density at radius 3 is 2.63 bits per heavy atom. The summed E-state index contributed by atoms with van der Waals surface area (Å²) in [5.74, 6) is 2.73. The zero-order valence-corrected chi connectivity index (χ0v) is 11.9. The van der Waals surface area contributed by atoms with Crippen molar-refractivity contribution >= 4 is 17.7 Å². The summed E-state index contributed by atoms with van der Waals surface area (Å²) in [5, 5.41) is 8.59. The molecule has 0 saturated carbocycles. The van der Waals surface area contributed by atoms with Crippen LogP contribution in [0.2, 0.25) is 0 Å². The van der Waals surface area contributed by atoms with Crippen LogP contribution in [0.3, 0.4) is 0 Å². The van der Waals surface area contributed by atoms with Crippen molar-refractivity contribution < 1.29 is 9.47 Å². The Hall–Kier alpha value is -1.89. The lowest BCUT2D eigenvalue weighted by atomic mass is 10.2. The van der Waals surface area contributed by atoms with Gasteiger partial charge in [-0.1, -0.05) is 11.8 Å². The number of ether oxygens (including phenoxy) is 2. The molecular weight excluding hydrogens is 264 g/mol. The molecule has 2 aromatic rings. The third-order valence-corrected chi connectivity index (χ3v) is 3.78. The molecule has 0 radical (unpaired) electrons. The number of benzene rings is 1. The number of aromatic nitrogens is 3. The van der Waals surface area contributed by atoms with E-state index in [-0.39, 0.29) is 0 Å². The first-order valence-electron chi connectivity index (χ1n) is 5.64. The highest BCUT2D eigenvalue weighted by atomic mass is 32.2. The van der Waals surface area contributed by atoms with Crippen molar-refractivity contribution in [3.8, 4) is 11.5 Å². The fourth-order valence-electron chi connectivity index (χ4n) is 1.59. The molecule has 2 N–H and O–H groups in total. The van der Waals surface area contributed by atoms with E-state index in [4.69, 9.17) is 15.2 Å².